The van der Waals surface area contributed by atoms with Crippen LogP contribution >= 0.6 is 15.9 Å². The van der Waals surface area contributed by atoms with Crippen molar-refractivity contribution in [3.63, 3.8) is 0 Å². The summed E-state index contributed by atoms with van der Waals surface area (Å²) in [7, 11) is 0. The van der Waals surface area contributed by atoms with Gasteiger partial charge in [0, 0.05) is 36.2 Å². The monoisotopic (exact) mass is 311 g/mol. The molecule has 1 N–H and O–H groups in total. The molecule has 0 bridgehead atoms. The standard InChI is InChI=1S/C13H18BrN3O/c1-2-16-7-9-17(10-8-16)13(15-18)11-3-5-12(14)6-4-11/h3-6,18H,2,7-10H2,1H3/b15-13+. The molecule has 0 aliphatic carbocycles. The largest absolute Gasteiger partial charge is 0.409 e. The highest BCUT2D eigenvalue weighted by Crippen LogP contribution is 2.14. The first-order chi connectivity index (χ1) is 8.74. The lowest BCUT2D eigenvalue weighted by molar-refractivity contribution is 0.185. The van der Waals surface area contributed by atoms with Crippen molar-refractivity contribution in [1.82, 2.24) is 9.80 Å². The molecule has 2 rings (SSSR count). The number of hydrogen-bond donors (Lipinski definition) is 1. The Morgan fingerprint density at radius 3 is 2.33 bits per heavy atom. The minimum atomic E-state index is 0.665. The summed E-state index contributed by atoms with van der Waals surface area (Å²) >= 11 is 3.41. The summed E-state index contributed by atoms with van der Waals surface area (Å²) in [6, 6.07) is 7.85. The van der Waals surface area contributed by atoms with Crippen molar-refractivity contribution in [3.05, 3.63) is 34.3 Å². The van der Waals surface area contributed by atoms with Crippen LogP contribution in [0.15, 0.2) is 33.9 Å². The number of amidine groups is 1. The number of benzene rings is 1. The Morgan fingerprint density at radius 2 is 1.83 bits per heavy atom. The highest BCUT2D eigenvalue weighted by molar-refractivity contribution is 9.10. The highest BCUT2D eigenvalue weighted by Gasteiger charge is 2.20. The molecule has 0 unspecified atom stereocenters. The van der Waals surface area contributed by atoms with Gasteiger partial charge in [-0.2, -0.15) is 0 Å². The second kappa shape index (κ2) is 6.20. The average molecular weight is 312 g/mol. The number of hydrogen-bond acceptors (Lipinski definition) is 3. The summed E-state index contributed by atoms with van der Waals surface area (Å²) in [6.45, 7) is 7.11. The van der Waals surface area contributed by atoms with E-state index in [1.54, 1.807) is 0 Å². The van der Waals surface area contributed by atoms with Gasteiger partial charge in [-0.3, -0.25) is 0 Å². The third-order valence-corrected chi connectivity index (χ3v) is 3.84. The Bertz CT molecular complexity index is 411. The number of oxime groups is 1. The molecule has 0 aromatic heterocycles. The normalized spacial score (nSPS) is 18.1. The van der Waals surface area contributed by atoms with Gasteiger partial charge in [-0.05, 0) is 18.7 Å². The van der Waals surface area contributed by atoms with E-state index in [0.29, 0.717) is 5.84 Å². The maximum atomic E-state index is 9.25. The van der Waals surface area contributed by atoms with E-state index in [2.05, 4.69) is 37.8 Å². The van der Waals surface area contributed by atoms with Gasteiger partial charge in [-0.25, -0.2) is 0 Å². The highest BCUT2D eigenvalue weighted by atomic mass is 79.9. The molecule has 0 saturated carbocycles. The molecule has 1 saturated heterocycles. The van der Waals surface area contributed by atoms with Crippen LogP contribution in [0.5, 0.6) is 0 Å². The molecule has 4 nitrogen and oxygen atoms in total. The Morgan fingerprint density at radius 1 is 1.22 bits per heavy atom. The van der Waals surface area contributed by atoms with Crippen molar-refractivity contribution in [3.8, 4) is 0 Å². The Balaban J connectivity index is 2.08. The maximum absolute atomic E-state index is 9.25. The first-order valence-electron chi connectivity index (χ1n) is 6.20. The van der Waals surface area contributed by atoms with Crippen molar-refractivity contribution in [2.75, 3.05) is 32.7 Å². The van der Waals surface area contributed by atoms with E-state index in [9.17, 15) is 5.21 Å². The predicted octanol–water partition coefficient (Wildman–Crippen LogP) is 2.22. The van der Waals surface area contributed by atoms with Crippen molar-refractivity contribution >= 4 is 21.8 Å². The number of nitrogens with zero attached hydrogens (tertiary/aromatic N) is 3. The molecule has 18 heavy (non-hydrogen) atoms. The Hall–Kier alpha value is -1.07. The molecule has 1 aromatic carbocycles. The molecule has 1 aliphatic rings. The van der Waals surface area contributed by atoms with Crippen LogP contribution in [0.2, 0.25) is 0 Å². The van der Waals surface area contributed by atoms with Crippen LogP contribution in [0, 0.1) is 0 Å². The van der Waals surface area contributed by atoms with Crippen molar-refractivity contribution in [2.24, 2.45) is 5.16 Å². The molecule has 5 heteroatoms. The SMILES string of the molecule is CCN1CCN(/C(=N/O)c2ccc(Br)cc2)CC1. The van der Waals surface area contributed by atoms with E-state index in [0.717, 1.165) is 42.8 Å². The van der Waals surface area contributed by atoms with E-state index in [4.69, 9.17) is 0 Å². The van der Waals surface area contributed by atoms with Gasteiger partial charge in [0.15, 0.2) is 5.84 Å². The molecule has 1 fully saturated rings. The van der Waals surface area contributed by atoms with Gasteiger partial charge in [0.1, 0.15) is 0 Å². The number of piperazine rings is 1. The zero-order chi connectivity index (χ0) is 13.0. The van der Waals surface area contributed by atoms with Crippen molar-refractivity contribution in [2.45, 2.75) is 6.92 Å². The summed E-state index contributed by atoms with van der Waals surface area (Å²) in [6.07, 6.45) is 0. The van der Waals surface area contributed by atoms with E-state index in [-0.39, 0.29) is 0 Å². The van der Waals surface area contributed by atoms with Crippen LogP contribution in [-0.2, 0) is 0 Å². The molecule has 1 aromatic rings. The van der Waals surface area contributed by atoms with Crippen LogP contribution in [0.1, 0.15) is 12.5 Å². The molecular weight excluding hydrogens is 294 g/mol. The maximum Gasteiger partial charge on any atom is 0.175 e. The van der Waals surface area contributed by atoms with E-state index in [1.807, 2.05) is 24.3 Å². The molecular formula is C13H18BrN3O. The van der Waals surface area contributed by atoms with Crippen molar-refractivity contribution < 1.29 is 5.21 Å². The molecule has 0 spiro atoms. The zero-order valence-corrected chi connectivity index (χ0v) is 12.1. The molecule has 1 aliphatic heterocycles. The number of rotatable bonds is 2. The second-order valence-corrected chi connectivity index (χ2v) is 5.27. The van der Waals surface area contributed by atoms with Crippen molar-refractivity contribution in [1.29, 1.82) is 0 Å². The van der Waals surface area contributed by atoms with Crippen LogP contribution in [0.4, 0.5) is 0 Å². The summed E-state index contributed by atoms with van der Waals surface area (Å²) < 4.78 is 1.03. The van der Waals surface area contributed by atoms with Gasteiger partial charge in [-0.1, -0.05) is 40.1 Å². The first kappa shape index (κ1) is 13.4. The summed E-state index contributed by atoms with van der Waals surface area (Å²) in [4.78, 5) is 4.53. The van der Waals surface area contributed by atoms with Gasteiger partial charge in [-0.15, -0.1) is 0 Å². The Labute approximate surface area is 116 Å². The van der Waals surface area contributed by atoms with Gasteiger partial charge >= 0.3 is 0 Å². The topological polar surface area (TPSA) is 39.1 Å². The van der Waals surface area contributed by atoms with E-state index in [1.165, 1.54) is 0 Å². The minimum Gasteiger partial charge on any atom is -0.409 e. The average Bonchev–Trinajstić information content (AvgIpc) is 2.42. The summed E-state index contributed by atoms with van der Waals surface area (Å²) in [5, 5.41) is 12.7. The fraction of sp³-hybridized carbons (Fsp3) is 0.462. The number of halogens is 1. The zero-order valence-electron chi connectivity index (χ0n) is 10.5. The smallest absolute Gasteiger partial charge is 0.175 e. The van der Waals surface area contributed by atoms with Crippen LogP contribution < -0.4 is 0 Å². The second-order valence-electron chi connectivity index (χ2n) is 4.35. The molecule has 1 heterocycles. The summed E-state index contributed by atoms with van der Waals surface area (Å²) in [5.74, 6) is 0.665. The number of likely N-dealkylation sites (N-methyl/N-ethyl adjacent to an activating group) is 1. The third-order valence-electron chi connectivity index (χ3n) is 3.32. The van der Waals surface area contributed by atoms with Gasteiger partial charge in [0.05, 0.1) is 0 Å². The Kier molecular flexibility index (Phi) is 4.60. The van der Waals surface area contributed by atoms with E-state index >= 15 is 0 Å². The fourth-order valence-electron chi connectivity index (χ4n) is 2.18. The van der Waals surface area contributed by atoms with Gasteiger partial charge < -0.3 is 15.0 Å². The van der Waals surface area contributed by atoms with E-state index < -0.39 is 0 Å². The van der Waals surface area contributed by atoms with Gasteiger partial charge in [0.25, 0.3) is 0 Å². The lowest BCUT2D eigenvalue weighted by atomic mass is 10.1. The minimum absolute atomic E-state index is 0.665. The van der Waals surface area contributed by atoms with Crippen LogP contribution in [0.3, 0.4) is 0 Å². The lowest BCUT2D eigenvalue weighted by Gasteiger charge is -2.35. The molecule has 98 valence electrons. The molecule has 0 amide bonds. The predicted molar refractivity (Wildman–Crippen MR) is 76.2 cm³/mol. The first-order valence-corrected chi connectivity index (χ1v) is 6.99. The van der Waals surface area contributed by atoms with Gasteiger partial charge in [0.2, 0.25) is 0 Å². The van der Waals surface area contributed by atoms with Crippen LogP contribution in [0.25, 0.3) is 0 Å². The molecule has 0 radical (unpaired) electrons. The summed E-state index contributed by atoms with van der Waals surface area (Å²) in [5.41, 5.74) is 0.950. The third kappa shape index (κ3) is 3.03. The quantitative estimate of drug-likeness (QED) is 0.394. The van der Waals surface area contributed by atoms with Crippen LogP contribution in [-0.4, -0.2) is 53.6 Å². The fourth-order valence-corrected chi connectivity index (χ4v) is 2.44. The lowest BCUT2D eigenvalue weighted by Crippen LogP contribution is -2.48. The molecule has 0 atom stereocenters.